The van der Waals surface area contributed by atoms with Gasteiger partial charge in [0.25, 0.3) is 0 Å². The first-order valence-corrected chi connectivity index (χ1v) is 6.96. The molecule has 0 saturated carbocycles. The third kappa shape index (κ3) is 3.76. The molecule has 0 aliphatic rings. The van der Waals surface area contributed by atoms with Gasteiger partial charge in [0.15, 0.2) is 11.0 Å². The molecular weight excluding hydrogens is 258 g/mol. The monoisotopic (exact) mass is 273 g/mol. The van der Waals surface area contributed by atoms with E-state index >= 15 is 0 Å². The van der Waals surface area contributed by atoms with Crippen LogP contribution in [0.4, 0.5) is 0 Å². The Morgan fingerprint density at radius 1 is 1.05 bits per heavy atom. The molecule has 19 heavy (non-hydrogen) atoms. The Bertz CT molecular complexity index is 589. The van der Waals surface area contributed by atoms with Crippen LogP contribution in [0.1, 0.15) is 11.1 Å². The molecule has 0 aliphatic carbocycles. The maximum absolute atomic E-state index is 11.9. The van der Waals surface area contributed by atoms with Crippen LogP contribution >= 0.6 is 0 Å². The lowest BCUT2D eigenvalue weighted by molar-refractivity contribution is 0.415. The van der Waals surface area contributed by atoms with Crippen LogP contribution in [0.25, 0.3) is 0 Å². The zero-order valence-corrected chi connectivity index (χ0v) is 11.7. The quantitative estimate of drug-likeness (QED) is 0.803. The van der Waals surface area contributed by atoms with E-state index in [1.807, 2.05) is 55.5 Å². The first-order valence-electron chi connectivity index (χ1n) is 5.86. The minimum absolute atomic E-state index is 0.704. The highest BCUT2D eigenvalue weighted by molar-refractivity contribution is 7.83. The van der Waals surface area contributed by atoms with Gasteiger partial charge in [0.05, 0.1) is 12.0 Å². The third-order valence-electron chi connectivity index (χ3n) is 2.64. The summed E-state index contributed by atoms with van der Waals surface area (Å²) in [6, 6.07) is 14.9. The maximum atomic E-state index is 11.9. The van der Waals surface area contributed by atoms with Crippen LogP contribution in [0, 0.1) is 6.92 Å². The van der Waals surface area contributed by atoms with Crippen molar-refractivity contribution in [2.75, 3.05) is 7.11 Å². The van der Waals surface area contributed by atoms with Crippen LogP contribution < -0.4 is 4.74 Å². The average Bonchev–Trinajstić information content (AvgIpc) is 2.46. The Kier molecular flexibility index (Phi) is 4.47. The fourth-order valence-electron chi connectivity index (χ4n) is 1.51. The van der Waals surface area contributed by atoms with Gasteiger partial charge in [0, 0.05) is 6.21 Å². The molecule has 0 aliphatic heterocycles. The van der Waals surface area contributed by atoms with Gasteiger partial charge in [-0.1, -0.05) is 17.7 Å². The second-order valence-corrected chi connectivity index (χ2v) is 5.25. The minimum Gasteiger partial charge on any atom is -0.497 e. The van der Waals surface area contributed by atoms with Gasteiger partial charge in [-0.3, -0.25) is 0 Å². The molecule has 2 aromatic rings. The van der Waals surface area contributed by atoms with E-state index in [1.165, 1.54) is 0 Å². The topological polar surface area (TPSA) is 38.7 Å². The predicted molar refractivity (Wildman–Crippen MR) is 78.2 cm³/mol. The number of benzene rings is 2. The van der Waals surface area contributed by atoms with Crippen molar-refractivity contribution in [2.24, 2.45) is 4.40 Å². The first kappa shape index (κ1) is 13.5. The number of rotatable bonds is 4. The lowest BCUT2D eigenvalue weighted by Crippen LogP contribution is -1.89. The summed E-state index contributed by atoms with van der Waals surface area (Å²) >= 11 is 0. The SMILES string of the molecule is COc1ccc(/C=N\S(=O)c2ccc(C)cc2)cc1. The van der Waals surface area contributed by atoms with Gasteiger partial charge < -0.3 is 4.74 Å². The Morgan fingerprint density at radius 2 is 1.68 bits per heavy atom. The molecule has 0 aromatic heterocycles. The lowest BCUT2D eigenvalue weighted by atomic mass is 10.2. The summed E-state index contributed by atoms with van der Waals surface area (Å²) in [7, 11) is 0.259. The van der Waals surface area contributed by atoms with E-state index < -0.39 is 11.0 Å². The van der Waals surface area contributed by atoms with E-state index in [2.05, 4.69) is 4.40 Å². The number of methoxy groups -OCH3 is 1. The summed E-state index contributed by atoms with van der Waals surface area (Å²) in [5.41, 5.74) is 2.03. The van der Waals surface area contributed by atoms with Crippen LogP contribution in [-0.2, 0) is 11.0 Å². The normalized spacial score (nSPS) is 12.5. The average molecular weight is 273 g/mol. The molecule has 2 aromatic carbocycles. The molecule has 1 unspecified atom stereocenters. The molecule has 4 heteroatoms. The molecule has 0 fully saturated rings. The summed E-state index contributed by atoms with van der Waals surface area (Å²) in [6.45, 7) is 1.99. The van der Waals surface area contributed by atoms with Crippen molar-refractivity contribution in [1.29, 1.82) is 0 Å². The van der Waals surface area contributed by atoms with Crippen molar-refractivity contribution in [2.45, 2.75) is 11.8 Å². The first-order chi connectivity index (χ1) is 9.19. The highest BCUT2D eigenvalue weighted by atomic mass is 32.2. The Morgan fingerprint density at radius 3 is 2.26 bits per heavy atom. The molecule has 1 atom stereocenters. The second-order valence-electron chi connectivity index (χ2n) is 4.07. The number of aryl methyl sites for hydroxylation is 1. The molecule has 0 radical (unpaired) electrons. The molecular formula is C15H15NO2S. The molecule has 0 bridgehead atoms. The van der Waals surface area contributed by atoms with Crippen molar-refractivity contribution in [3.05, 3.63) is 59.7 Å². The van der Waals surface area contributed by atoms with Crippen molar-refractivity contribution < 1.29 is 8.95 Å². The molecule has 0 N–H and O–H groups in total. The van der Waals surface area contributed by atoms with Gasteiger partial charge in [-0.25, -0.2) is 4.21 Å². The van der Waals surface area contributed by atoms with Gasteiger partial charge in [0.1, 0.15) is 5.75 Å². The fourth-order valence-corrected chi connectivity index (χ4v) is 2.22. The van der Waals surface area contributed by atoms with E-state index in [4.69, 9.17) is 4.74 Å². The second kappa shape index (κ2) is 6.29. The molecule has 0 spiro atoms. The van der Waals surface area contributed by atoms with E-state index in [1.54, 1.807) is 13.3 Å². The van der Waals surface area contributed by atoms with E-state index in [0.29, 0.717) is 4.90 Å². The summed E-state index contributed by atoms with van der Waals surface area (Å²) in [5.74, 6) is 0.789. The lowest BCUT2D eigenvalue weighted by Gasteiger charge is -1.99. The number of hydrogen-bond donors (Lipinski definition) is 0. The van der Waals surface area contributed by atoms with Gasteiger partial charge in [-0.2, -0.15) is 4.40 Å². The van der Waals surface area contributed by atoms with Crippen LogP contribution in [-0.4, -0.2) is 17.5 Å². The van der Waals surface area contributed by atoms with Crippen molar-refractivity contribution in [3.8, 4) is 5.75 Å². The standard InChI is InChI=1S/C15H15NO2S/c1-12-3-9-15(10-4-12)19(17)16-11-13-5-7-14(18-2)8-6-13/h3-11H,1-2H3/b16-11-. The number of hydrogen-bond acceptors (Lipinski definition) is 2. The van der Waals surface area contributed by atoms with Crippen molar-refractivity contribution in [1.82, 2.24) is 0 Å². The van der Waals surface area contributed by atoms with Gasteiger partial charge in [-0.05, 0) is 48.9 Å². The molecule has 2 rings (SSSR count). The highest BCUT2D eigenvalue weighted by Crippen LogP contribution is 2.12. The molecule has 3 nitrogen and oxygen atoms in total. The Balaban J connectivity index is 2.08. The Hall–Kier alpha value is -1.94. The fraction of sp³-hybridized carbons (Fsp3) is 0.133. The summed E-state index contributed by atoms with van der Waals surface area (Å²) in [6.07, 6.45) is 1.61. The summed E-state index contributed by atoms with van der Waals surface area (Å²) < 4.78 is 21.1. The van der Waals surface area contributed by atoms with Gasteiger partial charge in [-0.15, -0.1) is 0 Å². The molecule has 0 amide bonds. The van der Waals surface area contributed by atoms with Gasteiger partial charge in [0.2, 0.25) is 0 Å². The van der Waals surface area contributed by atoms with E-state index in [9.17, 15) is 4.21 Å². The Labute approximate surface area is 115 Å². The third-order valence-corrected chi connectivity index (χ3v) is 3.61. The molecule has 98 valence electrons. The summed E-state index contributed by atoms with van der Waals surface area (Å²) in [4.78, 5) is 0.704. The van der Waals surface area contributed by atoms with Crippen LogP contribution in [0.3, 0.4) is 0 Å². The minimum atomic E-state index is -1.36. The predicted octanol–water partition coefficient (Wildman–Crippen LogP) is 3.15. The van der Waals surface area contributed by atoms with Crippen LogP contribution in [0.2, 0.25) is 0 Å². The summed E-state index contributed by atoms with van der Waals surface area (Å²) in [5, 5.41) is 0. The van der Waals surface area contributed by atoms with E-state index in [0.717, 1.165) is 16.9 Å². The van der Waals surface area contributed by atoms with Crippen LogP contribution in [0.5, 0.6) is 5.75 Å². The van der Waals surface area contributed by atoms with Gasteiger partial charge >= 0.3 is 0 Å². The smallest absolute Gasteiger partial charge is 0.172 e. The maximum Gasteiger partial charge on any atom is 0.172 e. The van der Waals surface area contributed by atoms with Crippen molar-refractivity contribution >= 4 is 17.2 Å². The zero-order valence-electron chi connectivity index (χ0n) is 10.9. The largest absolute Gasteiger partial charge is 0.497 e. The molecule has 0 heterocycles. The highest BCUT2D eigenvalue weighted by Gasteiger charge is 2.00. The number of ether oxygens (including phenoxy) is 1. The van der Waals surface area contributed by atoms with Crippen molar-refractivity contribution in [3.63, 3.8) is 0 Å². The zero-order chi connectivity index (χ0) is 13.7. The van der Waals surface area contributed by atoms with E-state index in [-0.39, 0.29) is 0 Å². The molecule has 0 saturated heterocycles. The number of nitrogens with zero attached hydrogens (tertiary/aromatic N) is 1. The van der Waals surface area contributed by atoms with Crippen LogP contribution in [0.15, 0.2) is 57.8 Å².